The maximum atomic E-state index is 5.71. The van der Waals surface area contributed by atoms with E-state index in [1.54, 1.807) is 0 Å². The maximum Gasteiger partial charge on any atom is 0.197 e. The summed E-state index contributed by atoms with van der Waals surface area (Å²) >= 11 is 3.43. The second-order valence-corrected chi connectivity index (χ2v) is 8.66. The first kappa shape index (κ1) is 10.4. The predicted molar refractivity (Wildman–Crippen MR) is 52.0 cm³/mol. The molecule has 0 bridgehead atoms. The van der Waals surface area contributed by atoms with Gasteiger partial charge >= 0.3 is 0 Å². The number of hydrogen-bond donors (Lipinski definition) is 0. The molecule has 0 radical (unpaired) electrons. The summed E-state index contributed by atoms with van der Waals surface area (Å²) in [6.07, 6.45) is 2.02. The Labute approximate surface area is 72.7 Å². The molecular weight excluding hydrogens is 208 g/mol. The van der Waals surface area contributed by atoms with Gasteiger partial charge in [-0.3, -0.25) is 0 Å². The first-order valence-electron chi connectivity index (χ1n) is 3.38. The first-order valence-corrected chi connectivity index (χ1v) is 7.62. The zero-order valence-corrected chi connectivity index (χ0v) is 9.44. The van der Waals surface area contributed by atoms with Gasteiger partial charge in [-0.1, -0.05) is 22.0 Å². The summed E-state index contributed by atoms with van der Waals surface area (Å²) in [5.74, 6) is 0. The van der Waals surface area contributed by atoms with Crippen LogP contribution >= 0.6 is 15.9 Å². The monoisotopic (exact) mass is 222 g/mol. The Morgan fingerprint density at radius 2 is 2.20 bits per heavy atom. The Morgan fingerprint density at radius 1 is 1.70 bits per heavy atom. The third-order valence-electron chi connectivity index (χ3n) is 1.16. The van der Waals surface area contributed by atoms with Crippen molar-refractivity contribution in [2.24, 2.45) is 0 Å². The fourth-order valence-electron chi connectivity index (χ4n) is 0.583. The van der Waals surface area contributed by atoms with Gasteiger partial charge in [0.15, 0.2) is 8.32 Å². The fraction of sp³-hybridized carbons (Fsp3) is 0.714. The molecule has 0 aromatic heterocycles. The van der Waals surface area contributed by atoms with Crippen molar-refractivity contribution in [1.29, 1.82) is 0 Å². The van der Waals surface area contributed by atoms with Crippen LogP contribution in [0.2, 0.25) is 13.1 Å². The molecule has 10 heavy (non-hydrogen) atoms. The van der Waals surface area contributed by atoms with Crippen molar-refractivity contribution in [2.75, 3.05) is 4.95 Å². The Morgan fingerprint density at radius 3 is 2.50 bits per heavy atom. The smallest absolute Gasteiger partial charge is 0.197 e. The van der Waals surface area contributed by atoms with Crippen molar-refractivity contribution in [3.63, 3.8) is 0 Å². The predicted octanol–water partition coefficient (Wildman–Crippen LogP) is 2.72. The molecule has 0 aromatic rings. The zero-order valence-electron chi connectivity index (χ0n) is 6.86. The summed E-state index contributed by atoms with van der Waals surface area (Å²) in [7, 11) is -1.42. The lowest BCUT2D eigenvalue weighted by Gasteiger charge is -2.23. The molecule has 0 N–H and O–H groups in total. The standard InChI is InChI=1S/C7H15BrOSi/c1-5-7(2)9-10(3,4)6-8/h5,7H,1,6H2,2-4H3. The minimum atomic E-state index is -1.42. The third kappa shape index (κ3) is 4.25. The summed E-state index contributed by atoms with van der Waals surface area (Å²) < 4.78 is 5.71. The van der Waals surface area contributed by atoms with E-state index in [-0.39, 0.29) is 6.10 Å². The van der Waals surface area contributed by atoms with Crippen LogP contribution in [0.4, 0.5) is 0 Å². The van der Waals surface area contributed by atoms with Gasteiger partial charge in [-0.15, -0.1) is 6.58 Å². The Balaban J connectivity index is 3.75. The molecule has 0 aliphatic carbocycles. The molecule has 0 spiro atoms. The highest BCUT2D eigenvalue weighted by atomic mass is 79.9. The highest BCUT2D eigenvalue weighted by molar-refractivity contribution is 9.09. The first-order chi connectivity index (χ1) is 4.52. The molecule has 0 rings (SSSR count). The third-order valence-corrected chi connectivity index (χ3v) is 6.86. The number of hydrogen-bond acceptors (Lipinski definition) is 1. The molecule has 0 heterocycles. The van der Waals surface area contributed by atoms with Gasteiger partial charge in [0.1, 0.15) is 0 Å². The van der Waals surface area contributed by atoms with E-state index in [1.807, 2.05) is 13.0 Å². The van der Waals surface area contributed by atoms with E-state index < -0.39 is 8.32 Å². The average molecular weight is 223 g/mol. The lowest BCUT2D eigenvalue weighted by atomic mass is 10.4. The van der Waals surface area contributed by atoms with Gasteiger partial charge in [-0.2, -0.15) is 0 Å². The van der Waals surface area contributed by atoms with Gasteiger partial charge in [0.2, 0.25) is 0 Å². The van der Waals surface area contributed by atoms with Gasteiger partial charge in [-0.05, 0) is 20.0 Å². The summed E-state index contributed by atoms with van der Waals surface area (Å²) in [5, 5.41) is 0. The molecule has 1 atom stereocenters. The van der Waals surface area contributed by atoms with Crippen LogP contribution < -0.4 is 0 Å². The topological polar surface area (TPSA) is 9.23 Å². The molecule has 0 saturated heterocycles. The Hall–Kier alpha value is 0.397. The molecule has 0 aliphatic rings. The van der Waals surface area contributed by atoms with Gasteiger partial charge < -0.3 is 4.43 Å². The molecule has 0 aliphatic heterocycles. The largest absolute Gasteiger partial charge is 0.411 e. The van der Waals surface area contributed by atoms with E-state index in [9.17, 15) is 0 Å². The fourth-order valence-corrected chi connectivity index (χ4v) is 2.15. The highest BCUT2D eigenvalue weighted by Crippen LogP contribution is 2.10. The molecule has 0 aromatic carbocycles. The minimum absolute atomic E-state index is 0.194. The van der Waals surface area contributed by atoms with Crippen molar-refractivity contribution in [2.45, 2.75) is 26.1 Å². The van der Waals surface area contributed by atoms with E-state index in [4.69, 9.17) is 4.43 Å². The maximum absolute atomic E-state index is 5.71. The SMILES string of the molecule is C=CC(C)O[Si](C)(C)CBr. The van der Waals surface area contributed by atoms with Crippen LogP contribution in [-0.4, -0.2) is 19.4 Å². The van der Waals surface area contributed by atoms with Crippen LogP contribution in [0.15, 0.2) is 12.7 Å². The molecule has 0 saturated carbocycles. The molecule has 0 fully saturated rings. The van der Waals surface area contributed by atoms with E-state index in [0.29, 0.717) is 0 Å². The van der Waals surface area contributed by atoms with Crippen molar-refractivity contribution in [1.82, 2.24) is 0 Å². The minimum Gasteiger partial charge on any atom is -0.411 e. The quantitative estimate of drug-likeness (QED) is 0.404. The summed E-state index contributed by atoms with van der Waals surface area (Å²) in [5.41, 5.74) is 0. The highest BCUT2D eigenvalue weighted by Gasteiger charge is 2.21. The molecule has 1 unspecified atom stereocenters. The molecular formula is C7H15BrOSi. The van der Waals surface area contributed by atoms with Gasteiger partial charge in [0.05, 0.1) is 6.10 Å². The zero-order chi connectivity index (χ0) is 8.20. The number of halogens is 1. The van der Waals surface area contributed by atoms with Crippen molar-refractivity contribution < 1.29 is 4.43 Å². The van der Waals surface area contributed by atoms with Crippen molar-refractivity contribution in [3.8, 4) is 0 Å². The van der Waals surface area contributed by atoms with Crippen LogP contribution in [0.25, 0.3) is 0 Å². The molecule has 0 amide bonds. The molecule has 3 heteroatoms. The van der Waals surface area contributed by atoms with E-state index in [1.165, 1.54) is 0 Å². The van der Waals surface area contributed by atoms with Crippen LogP contribution in [0.5, 0.6) is 0 Å². The number of alkyl halides is 1. The Kier molecular flexibility index (Phi) is 4.48. The van der Waals surface area contributed by atoms with Crippen LogP contribution in [0.3, 0.4) is 0 Å². The molecule has 1 nitrogen and oxygen atoms in total. The van der Waals surface area contributed by atoms with E-state index in [2.05, 4.69) is 35.6 Å². The van der Waals surface area contributed by atoms with E-state index >= 15 is 0 Å². The van der Waals surface area contributed by atoms with Gasteiger partial charge in [0, 0.05) is 4.95 Å². The van der Waals surface area contributed by atoms with Gasteiger partial charge in [0.25, 0.3) is 0 Å². The lowest BCUT2D eigenvalue weighted by molar-refractivity contribution is 0.263. The van der Waals surface area contributed by atoms with Gasteiger partial charge in [-0.25, -0.2) is 0 Å². The summed E-state index contributed by atoms with van der Waals surface area (Å²) in [4.78, 5) is 0.984. The second-order valence-electron chi connectivity index (χ2n) is 2.95. The van der Waals surface area contributed by atoms with Crippen LogP contribution in [0, 0.1) is 0 Å². The summed E-state index contributed by atoms with van der Waals surface area (Å²) in [6.45, 7) is 10.0. The second kappa shape index (κ2) is 4.31. The van der Waals surface area contributed by atoms with Crippen molar-refractivity contribution >= 4 is 24.2 Å². The van der Waals surface area contributed by atoms with Crippen LogP contribution in [0.1, 0.15) is 6.92 Å². The Bertz CT molecular complexity index is 114. The number of rotatable bonds is 4. The average Bonchev–Trinajstić information content (AvgIpc) is 1.87. The molecule has 60 valence electrons. The van der Waals surface area contributed by atoms with Crippen molar-refractivity contribution in [3.05, 3.63) is 12.7 Å². The van der Waals surface area contributed by atoms with E-state index in [0.717, 1.165) is 4.95 Å². The summed E-state index contributed by atoms with van der Waals surface area (Å²) in [6, 6.07) is 0. The lowest BCUT2D eigenvalue weighted by Crippen LogP contribution is -2.35. The van der Waals surface area contributed by atoms with Crippen LogP contribution in [-0.2, 0) is 4.43 Å². The normalized spacial score (nSPS) is 14.8.